The molecule has 4 aromatic carbocycles. The van der Waals surface area contributed by atoms with E-state index in [-0.39, 0.29) is 19.1 Å². The quantitative estimate of drug-likeness (QED) is 0.225. The second kappa shape index (κ2) is 12.1. The van der Waals surface area contributed by atoms with Gasteiger partial charge in [0, 0.05) is 17.0 Å². The van der Waals surface area contributed by atoms with Crippen molar-refractivity contribution in [2.45, 2.75) is 38.5 Å². The van der Waals surface area contributed by atoms with Crippen LogP contribution in [0.1, 0.15) is 43.2 Å². The van der Waals surface area contributed by atoms with Crippen LogP contribution in [0.15, 0.2) is 84.9 Å². The number of hydrogen-bond acceptors (Lipinski definition) is 2. The maximum absolute atomic E-state index is 15.1. The topological polar surface area (TPSA) is 40.5 Å². The van der Waals surface area contributed by atoms with Gasteiger partial charge in [0.05, 0.1) is 13.2 Å². The minimum atomic E-state index is -0.441. The van der Waals surface area contributed by atoms with E-state index >= 15 is 8.78 Å². The molecule has 0 spiro atoms. The molecule has 2 N–H and O–H groups in total. The van der Waals surface area contributed by atoms with Crippen molar-refractivity contribution >= 4 is 0 Å². The summed E-state index contributed by atoms with van der Waals surface area (Å²) in [6.45, 7) is 1.87. The monoisotopic (exact) mass is 486 g/mol. The zero-order valence-corrected chi connectivity index (χ0v) is 20.6. The minimum Gasteiger partial charge on any atom is -0.396 e. The average Bonchev–Trinajstić information content (AvgIpc) is 2.90. The number of aliphatic hydroxyl groups excluding tert-OH is 2. The Bertz CT molecular complexity index is 1280. The van der Waals surface area contributed by atoms with Crippen molar-refractivity contribution < 1.29 is 19.0 Å². The Balaban J connectivity index is 1.52. The molecule has 2 nitrogen and oxygen atoms in total. The van der Waals surface area contributed by atoms with Crippen LogP contribution in [0, 0.1) is 11.6 Å². The number of aryl methyl sites for hydroxylation is 1. The Morgan fingerprint density at radius 2 is 1.14 bits per heavy atom. The third-order valence-corrected chi connectivity index (χ3v) is 6.74. The normalized spacial score (nSPS) is 11.3. The molecule has 0 aliphatic rings. The van der Waals surface area contributed by atoms with E-state index in [1.165, 1.54) is 37.0 Å². The molecule has 4 rings (SSSR count). The van der Waals surface area contributed by atoms with Gasteiger partial charge in [-0.2, -0.15) is 0 Å². The Hall–Kier alpha value is -3.34. The van der Waals surface area contributed by atoms with E-state index in [1.54, 1.807) is 42.5 Å². The molecule has 0 saturated carbocycles. The van der Waals surface area contributed by atoms with Gasteiger partial charge < -0.3 is 10.2 Å². The Kier molecular flexibility index (Phi) is 8.63. The van der Waals surface area contributed by atoms with Gasteiger partial charge in [0.25, 0.3) is 0 Å². The van der Waals surface area contributed by atoms with Gasteiger partial charge in [0.2, 0.25) is 0 Å². The number of benzene rings is 4. The summed E-state index contributed by atoms with van der Waals surface area (Å²) in [5, 5.41) is 18.7. The average molecular weight is 487 g/mol. The number of hydrogen-bond donors (Lipinski definition) is 2. The molecule has 0 radical (unpaired) electrons. The van der Waals surface area contributed by atoms with Crippen LogP contribution in [0.25, 0.3) is 33.4 Å². The fourth-order valence-corrected chi connectivity index (χ4v) is 4.49. The molecule has 4 aromatic rings. The fraction of sp³-hybridized carbons (Fsp3) is 0.250. The van der Waals surface area contributed by atoms with E-state index in [4.69, 9.17) is 0 Å². The van der Waals surface area contributed by atoms with E-state index in [9.17, 15) is 10.2 Å². The summed E-state index contributed by atoms with van der Waals surface area (Å²) >= 11 is 0. The zero-order chi connectivity index (χ0) is 25.5. The van der Waals surface area contributed by atoms with Crippen molar-refractivity contribution in [1.82, 2.24) is 0 Å². The van der Waals surface area contributed by atoms with Crippen LogP contribution in [0.2, 0.25) is 0 Å². The highest BCUT2D eigenvalue weighted by Crippen LogP contribution is 2.32. The summed E-state index contributed by atoms with van der Waals surface area (Å²) in [6.07, 6.45) is 4.64. The molecule has 0 aliphatic heterocycles. The van der Waals surface area contributed by atoms with Gasteiger partial charge in [-0.3, -0.25) is 0 Å². The molecule has 0 aliphatic carbocycles. The molecule has 0 fully saturated rings. The highest BCUT2D eigenvalue weighted by Gasteiger charge is 2.13. The lowest BCUT2D eigenvalue weighted by atomic mass is 9.95. The van der Waals surface area contributed by atoms with Gasteiger partial charge in [-0.05, 0) is 58.4 Å². The Labute approximate surface area is 211 Å². The van der Waals surface area contributed by atoms with Crippen LogP contribution in [0.3, 0.4) is 0 Å². The van der Waals surface area contributed by atoms with E-state index in [0.29, 0.717) is 22.3 Å². The standard InChI is InChI=1S/C32H32F2O2/c1-2-3-4-5-22-6-8-23(9-7-22)26-14-16-30(31(33)18-26)27-15-17-29(32(34)19-27)25-12-10-24(11-13-25)28(20-35)21-36/h6-19,28,35-36H,2-5,20-21H2,1H3. The van der Waals surface area contributed by atoms with Gasteiger partial charge in [-0.15, -0.1) is 0 Å². The molecule has 0 saturated heterocycles. The van der Waals surface area contributed by atoms with Crippen molar-refractivity contribution in [3.8, 4) is 33.4 Å². The van der Waals surface area contributed by atoms with Crippen molar-refractivity contribution in [2.75, 3.05) is 13.2 Å². The zero-order valence-electron chi connectivity index (χ0n) is 20.6. The highest BCUT2D eigenvalue weighted by atomic mass is 19.1. The summed E-state index contributed by atoms with van der Waals surface area (Å²) in [5.41, 5.74) is 5.72. The van der Waals surface area contributed by atoms with Crippen molar-refractivity contribution in [1.29, 1.82) is 0 Å². The first-order valence-electron chi connectivity index (χ1n) is 12.5. The second-order valence-corrected chi connectivity index (χ2v) is 9.23. The predicted octanol–water partition coefficient (Wildman–Crippen LogP) is 7.77. The van der Waals surface area contributed by atoms with Crippen molar-refractivity contribution in [2.24, 2.45) is 0 Å². The molecule has 186 valence electrons. The lowest BCUT2D eigenvalue weighted by Gasteiger charge is -2.13. The number of rotatable bonds is 10. The maximum Gasteiger partial charge on any atom is 0.131 e. The first kappa shape index (κ1) is 25.7. The van der Waals surface area contributed by atoms with Crippen LogP contribution < -0.4 is 0 Å². The lowest BCUT2D eigenvalue weighted by molar-refractivity contribution is 0.192. The van der Waals surface area contributed by atoms with E-state index in [1.807, 2.05) is 18.2 Å². The first-order chi connectivity index (χ1) is 17.5. The van der Waals surface area contributed by atoms with Crippen molar-refractivity contribution in [3.63, 3.8) is 0 Å². The van der Waals surface area contributed by atoms with E-state index < -0.39 is 11.6 Å². The Morgan fingerprint density at radius 1 is 0.611 bits per heavy atom. The van der Waals surface area contributed by atoms with Gasteiger partial charge in [-0.1, -0.05) is 92.6 Å². The van der Waals surface area contributed by atoms with Crippen molar-refractivity contribution in [3.05, 3.63) is 108 Å². The number of aliphatic hydroxyl groups is 2. The summed E-state index contributed by atoms with van der Waals surface area (Å²) in [4.78, 5) is 0. The second-order valence-electron chi connectivity index (χ2n) is 9.23. The molecular formula is C32H32F2O2. The fourth-order valence-electron chi connectivity index (χ4n) is 4.49. The van der Waals surface area contributed by atoms with Crippen LogP contribution in [0.4, 0.5) is 8.78 Å². The SMILES string of the molecule is CCCCCc1ccc(-c2ccc(-c3ccc(-c4ccc(C(CO)CO)cc4)c(F)c3)c(F)c2)cc1. The molecular weight excluding hydrogens is 454 g/mol. The molecule has 4 heteroatoms. The van der Waals surface area contributed by atoms with Crippen LogP contribution in [-0.4, -0.2) is 23.4 Å². The maximum atomic E-state index is 15.1. The summed E-state index contributed by atoms with van der Waals surface area (Å²) in [6, 6.07) is 25.1. The molecule has 0 bridgehead atoms. The number of unbranched alkanes of at least 4 members (excludes halogenated alkanes) is 2. The van der Waals surface area contributed by atoms with E-state index in [2.05, 4.69) is 19.1 Å². The lowest BCUT2D eigenvalue weighted by Crippen LogP contribution is -2.08. The van der Waals surface area contributed by atoms with Crippen LogP contribution in [-0.2, 0) is 6.42 Å². The van der Waals surface area contributed by atoms with Crippen LogP contribution in [0.5, 0.6) is 0 Å². The third-order valence-electron chi connectivity index (χ3n) is 6.74. The van der Waals surface area contributed by atoms with E-state index in [0.717, 1.165) is 23.1 Å². The third kappa shape index (κ3) is 5.89. The molecule has 0 aromatic heterocycles. The number of halogens is 2. The largest absolute Gasteiger partial charge is 0.396 e. The smallest absolute Gasteiger partial charge is 0.131 e. The highest BCUT2D eigenvalue weighted by molar-refractivity contribution is 5.74. The molecule has 0 heterocycles. The summed E-state index contributed by atoms with van der Waals surface area (Å²) in [7, 11) is 0. The molecule has 0 unspecified atom stereocenters. The molecule has 36 heavy (non-hydrogen) atoms. The minimum absolute atomic E-state index is 0.159. The first-order valence-corrected chi connectivity index (χ1v) is 12.5. The predicted molar refractivity (Wildman–Crippen MR) is 143 cm³/mol. The van der Waals surface area contributed by atoms with Crippen LogP contribution >= 0.6 is 0 Å². The Morgan fingerprint density at radius 3 is 1.72 bits per heavy atom. The van der Waals surface area contributed by atoms with Gasteiger partial charge >= 0.3 is 0 Å². The molecule has 0 amide bonds. The summed E-state index contributed by atoms with van der Waals surface area (Å²) in [5.74, 6) is -1.20. The van der Waals surface area contributed by atoms with Gasteiger partial charge in [-0.25, -0.2) is 8.78 Å². The molecule has 0 atom stereocenters. The van der Waals surface area contributed by atoms with Gasteiger partial charge in [0.15, 0.2) is 0 Å². The van der Waals surface area contributed by atoms with Gasteiger partial charge in [0.1, 0.15) is 11.6 Å². The summed E-state index contributed by atoms with van der Waals surface area (Å²) < 4.78 is 30.1.